The van der Waals surface area contributed by atoms with Gasteiger partial charge in [0.25, 0.3) is 18.9 Å². The third-order valence-electron chi connectivity index (χ3n) is 0.307. The van der Waals surface area contributed by atoms with Gasteiger partial charge in [0.2, 0.25) is 5.63 Å². The maximum absolute atomic E-state index is 10.8. The van der Waals surface area contributed by atoms with E-state index in [0.717, 1.165) is 0 Å². The zero-order valence-electron chi connectivity index (χ0n) is 7.05. The van der Waals surface area contributed by atoms with Crippen molar-refractivity contribution in [3.8, 4) is 0 Å². The van der Waals surface area contributed by atoms with Gasteiger partial charge in [-0.3, -0.25) is 0 Å². The number of alkyl halides is 7. The van der Waals surface area contributed by atoms with Gasteiger partial charge in [-0.1, -0.05) is 11.6 Å². The molecular formula is C6H7ClF8. The number of hydrogen-bond donors (Lipinski definition) is 0. The van der Waals surface area contributed by atoms with Crippen LogP contribution in [0.2, 0.25) is 0 Å². The third-order valence-corrected chi connectivity index (χ3v) is 0.498. The molecule has 0 heterocycles. The van der Waals surface area contributed by atoms with Gasteiger partial charge in [0.15, 0.2) is 6.67 Å². The molecule has 0 saturated heterocycles. The highest BCUT2D eigenvalue weighted by Gasteiger charge is 2.13. The molecule has 0 amide bonds. The third kappa shape index (κ3) is 59.2. The van der Waals surface area contributed by atoms with E-state index < -0.39 is 31.2 Å². The molecule has 94 valence electrons. The maximum Gasteiger partial charge on any atom is 0.283 e. The summed E-state index contributed by atoms with van der Waals surface area (Å²) in [4.78, 5) is 0. The summed E-state index contributed by atoms with van der Waals surface area (Å²) in [5, 5.41) is 0. The van der Waals surface area contributed by atoms with E-state index >= 15 is 0 Å². The molecule has 0 aliphatic carbocycles. The average Bonchev–Trinajstić information content (AvgIpc) is 2.04. The van der Waals surface area contributed by atoms with Gasteiger partial charge >= 0.3 is 0 Å². The Bertz CT molecular complexity index is 127. The minimum Gasteiger partial charge on any atom is -0.245 e. The zero-order chi connectivity index (χ0) is 13.0. The van der Waals surface area contributed by atoms with E-state index in [0.29, 0.717) is 0 Å². The molecule has 0 fully saturated rings. The Morgan fingerprint density at radius 3 is 1.20 bits per heavy atom. The molecule has 0 nitrogen and oxygen atoms in total. The van der Waals surface area contributed by atoms with Crippen molar-refractivity contribution in [2.45, 2.75) is 18.5 Å². The Labute approximate surface area is 85.5 Å². The summed E-state index contributed by atoms with van der Waals surface area (Å²) in [5.74, 6) is 0. The van der Waals surface area contributed by atoms with Crippen molar-refractivity contribution < 1.29 is 35.1 Å². The van der Waals surface area contributed by atoms with Gasteiger partial charge in [-0.25, -0.2) is 26.3 Å². The molecule has 0 aliphatic rings. The Balaban J connectivity index is -0.000000147. The smallest absolute Gasteiger partial charge is 0.245 e. The van der Waals surface area contributed by atoms with Gasteiger partial charge < -0.3 is 0 Å². The highest BCUT2D eigenvalue weighted by molar-refractivity contribution is 6.19. The molecule has 9 heteroatoms. The normalized spacial score (nSPS) is 11.1. The molecule has 1 unspecified atom stereocenters. The molecular weight excluding hydrogens is 260 g/mol. The number of halogens is 9. The maximum atomic E-state index is 10.8. The van der Waals surface area contributed by atoms with Crippen LogP contribution in [0.4, 0.5) is 35.1 Å². The fraction of sp³-hybridized carbons (Fsp3) is 0.667. The van der Waals surface area contributed by atoms with Crippen LogP contribution < -0.4 is 0 Å². The van der Waals surface area contributed by atoms with Crippen molar-refractivity contribution in [3.63, 3.8) is 0 Å². The van der Waals surface area contributed by atoms with Crippen molar-refractivity contribution in [1.82, 2.24) is 0 Å². The van der Waals surface area contributed by atoms with E-state index in [2.05, 4.69) is 18.2 Å². The Hall–Kier alpha value is -0.530. The molecule has 0 saturated carbocycles. The van der Waals surface area contributed by atoms with Gasteiger partial charge in [0.1, 0.15) is 0 Å². The molecule has 0 N–H and O–H groups in total. The highest BCUT2D eigenvalue weighted by Crippen LogP contribution is 2.07. The lowest BCUT2D eigenvalue weighted by Gasteiger charge is -1.90. The number of hydrogen-bond acceptors (Lipinski definition) is 0. The van der Waals surface area contributed by atoms with Crippen LogP contribution in [0.3, 0.4) is 0 Å². The fourth-order valence-electron chi connectivity index (χ4n) is 0. The molecule has 0 bridgehead atoms. The van der Waals surface area contributed by atoms with Crippen LogP contribution in [0.25, 0.3) is 0 Å². The van der Waals surface area contributed by atoms with Crippen LogP contribution >= 0.6 is 11.6 Å². The van der Waals surface area contributed by atoms with E-state index in [4.69, 9.17) is 0 Å². The standard InChI is InChI=1S/C2H2ClF3.C2H3F3.C2H2F2/c3-1(4)2(5)6;3-1-2(4)5;1-2(3)4/h1-2H;2H,1H2;1H2. The summed E-state index contributed by atoms with van der Waals surface area (Å²) in [5.41, 5.74) is -2.51. The lowest BCUT2D eigenvalue weighted by molar-refractivity contribution is 0.0916. The molecule has 0 aromatic rings. The van der Waals surface area contributed by atoms with E-state index in [1.54, 1.807) is 0 Å². The van der Waals surface area contributed by atoms with Crippen LogP contribution in [-0.4, -0.2) is 25.2 Å². The van der Waals surface area contributed by atoms with Crippen LogP contribution in [-0.2, 0) is 0 Å². The first-order valence-electron chi connectivity index (χ1n) is 3.05. The van der Waals surface area contributed by atoms with Crippen LogP contribution in [0.15, 0.2) is 12.7 Å². The van der Waals surface area contributed by atoms with E-state index in [-0.39, 0.29) is 0 Å². The molecule has 0 rings (SSSR count). The topological polar surface area (TPSA) is 0 Å². The molecule has 0 aromatic heterocycles. The summed E-state index contributed by atoms with van der Waals surface area (Å²) < 4.78 is 83.6. The highest BCUT2D eigenvalue weighted by atomic mass is 35.5. The van der Waals surface area contributed by atoms with Gasteiger partial charge in [-0.2, -0.15) is 8.78 Å². The van der Waals surface area contributed by atoms with Crippen LogP contribution in [0.5, 0.6) is 0 Å². The van der Waals surface area contributed by atoms with Crippen LogP contribution in [0.1, 0.15) is 0 Å². The lowest BCUT2D eigenvalue weighted by atomic mass is 10.8. The summed E-state index contributed by atoms with van der Waals surface area (Å²) in [6, 6.07) is 0. The first kappa shape index (κ1) is 20.0. The van der Waals surface area contributed by atoms with E-state index in [1.165, 1.54) is 0 Å². The first-order valence-corrected chi connectivity index (χ1v) is 3.49. The number of rotatable bonds is 2. The van der Waals surface area contributed by atoms with Crippen molar-refractivity contribution >= 4 is 11.6 Å². The second-order valence-electron chi connectivity index (χ2n) is 1.55. The molecule has 0 aromatic carbocycles. The zero-order valence-corrected chi connectivity index (χ0v) is 7.80. The lowest BCUT2D eigenvalue weighted by Crippen LogP contribution is -2.01. The van der Waals surface area contributed by atoms with Gasteiger partial charge in [-0.15, -0.1) is 0 Å². The van der Waals surface area contributed by atoms with Crippen molar-refractivity contribution in [3.05, 3.63) is 12.7 Å². The fourth-order valence-corrected chi connectivity index (χ4v) is 0. The summed E-state index contributed by atoms with van der Waals surface area (Å²) in [6.45, 7) is 0.694. The average molecular weight is 267 g/mol. The molecule has 0 spiro atoms. The molecule has 0 aliphatic heterocycles. The molecule has 1 atom stereocenters. The van der Waals surface area contributed by atoms with Gasteiger partial charge in [0, 0.05) is 0 Å². The van der Waals surface area contributed by atoms with Gasteiger partial charge in [0.05, 0.1) is 0 Å². The van der Waals surface area contributed by atoms with E-state index in [9.17, 15) is 35.1 Å². The second kappa shape index (κ2) is 13.5. The summed E-state index contributed by atoms with van der Waals surface area (Å²) >= 11 is 4.20. The van der Waals surface area contributed by atoms with Crippen LogP contribution in [0, 0.1) is 0 Å². The predicted molar refractivity (Wildman–Crippen MR) is 40.1 cm³/mol. The van der Waals surface area contributed by atoms with E-state index in [1.807, 2.05) is 0 Å². The monoisotopic (exact) mass is 266 g/mol. The van der Waals surface area contributed by atoms with Gasteiger partial charge in [-0.05, 0) is 6.58 Å². The van der Waals surface area contributed by atoms with Crippen molar-refractivity contribution in [1.29, 1.82) is 0 Å². The predicted octanol–water partition coefficient (Wildman–Crippen LogP) is 4.40. The van der Waals surface area contributed by atoms with Crippen molar-refractivity contribution in [2.75, 3.05) is 6.67 Å². The molecule has 15 heavy (non-hydrogen) atoms. The Morgan fingerprint density at radius 1 is 1.07 bits per heavy atom. The Kier molecular flexibility index (Phi) is 17.9. The van der Waals surface area contributed by atoms with Crippen molar-refractivity contribution in [2.24, 2.45) is 0 Å². The summed E-state index contributed by atoms with van der Waals surface area (Å²) in [7, 11) is 0. The SMILES string of the molecule is C=C(F)F.FC(F)C(F)Cl.FCC(F)F. The molecule has 0 radical (unpaired) electrons. The quantitative estimate of drug-likeness (QED) is 0.513. The largest absolute Gasteiger partial charge is 0.283 e. The Morgan fingerprint density at radius 2 is 1.20 bits per heavy atom. The second-order valence-corrected chi connectivity index (χ2v) is 1.97. The minimum atomic E-state index is -3.05. The summed E-state index contributed by atoms with van der Waals surface area (Å²) in [6.07, 6.45) is -7.67. The minimum absolute atomic E-state index is 1.53. The first-order chi connectivity index (χ1) is 6.64.